The first-order valence-electron chi connectivity index (χ1n) is 19.0. The Hall–Kier alpha value is -0.920. The highest BCUT2D eigenvalue weighted by Crippen LogP contribution is 2.44. The van der Waals surface area contributed by atoms with Crippen LogP contribution >= 0.6 is 0 Å². The van der Waals surface area contributed by atoms with Gasteiger partial charge in [-0.2, -0.15) is 0 Å². The first kappa shape index (κ1) is 50.5. The summed E-state index contributed by atoms with van der Waals surface area (Å²) in [6, 6.07) is 10.7. The molecule has 0 aromatic heterocycles. The normalized spacial score (nSPS) is 16.0. The molecule has 2 fully saturated rings. The number of halogens is 2. The third-order valence-corrected chi connectivity index (χ3v) is 9.45. The van der Waals surface area contributed by atoms with Crippen LogP contribution in [0.2, 0.25) is 0 Å². The van der Waals surface area contributed by atoms with Crippen molar-refractivity contribution in [3.05, 3.63) is 35.9 Å². The van der Waals surface area contributed by atoms with E-state index in [1.807, 2.05) is 0 Å². The SMILES string of the molecule is CC(C)(C)C(F)F.CC(C)(C)C1CC1.CC(C)(C)CC1CC1.CC(C)C(C)(C)C.CC(c1ccccc1)C(C)(C)C.CCC(C)(C)C. The van der Waals surface area contributed by atoms with Crippen LogP contribution in [-0.2, 0) is 0 Å². The largest absolute Gasteiger partial charge is 0.243 e. The summed E-state index contributed by atoms with van der Waals surface area (Å²) in [6.07, 6.45) is 6.45. The second-order valence-corrected chi connectivity index (χ2v) is 21.4. The molecule has 0 N–H and O–H groups in total. The van der Waals surface area contributed by atoms with E-state index in [0.717, 1.165) is 17.8 Å². The molecule has 1 aromatic carbocycles. The first-order chi connectivity index (χ1) is 20.6. The zero-order valence-electron chi connectivity index (χ0n) is 36.3. The zero-order valence-corrected chi connectivity index (χ0v) is 36.3. The number of benzene rings is 1. The van der Waals surface area contributed by atoms with E-state index in [-0.39, 0.29) is 0 Å². The van der Waals surface area contributed by atoms with Gasteiger partial charge in [0.05, 0.1) is 0 Å². The van der Waals surface area contributed by atoms with Gasteiger partial charge in [-0.25, -0.2) is 8.78 Å². The molecule has 0 saturated heterocycles. The van der Waals surface area contributed by atoms with Gasteiger partial charge in [0.25, 0.3) is 0 Å². The molecule has 1 unspecified atom stereocenters. The lowest BCUT2D eigenvalue weighted by Crippen LogP contribution is -2.15. The van der Waals surface area contributed by atoms with E-state index in [1.165, 1.54) is 64.9 Å². The van der Waals surface area contributed by atoms with Gasteiger partial charge in [0.1, 0.15) is 0 Å². The summed E-state index contributed by atoms with van der Waals surface area (Å²) in [7, 11) is 0. The van der Waals surface area contributed by atoms with Crippen LogP contribution in [0.15, 0.2) is 30.3 Å². The van der Waals surface area contributed by atoms with E-state index in [4.69, 9.17) is 0 Å². The van der Waals surface area contributed by atoms with E-state index < -0.39 is 11.8 Å². The molecule has 0 heterocycles. The Labute approximate surface area is 297 Å². The number of hydrogen-bond donors (Lipinski definition) is 0. The molecule has 0 radical (unpaired) electrons. The van der Waals surface area contributed by atoms with Crippen LogP contribution in [0.3, 0.4) is 0 Å². The third kappa shape index (κ3) is 34.7. The second-order valence-electron chi connectivity index (χ2n) is 21.4. The van der Waals surface area contributed by atoms with Crippen LogP contribution in [0.1, 0.15) is 202 Å². The summed E-state index contributed by atoms with van der Waals surface area (Å²) in [5, 5.41) is 0. The van der Waals surface area contributed by atoms with E-state index in [1.54, 1.807) is 0 Å². The molecule has 3 rings (SSSR count). The average molecular weight is 667 g/mol. The summed E-state index contributed by atoms with van der Waals surface area (Å²) >= 11 is 0. The van der Waals surface area contributed by atoms with Crippen molar-refractivity contribution in [1.82, 2.24) is 0 Å². The minimum Gasteiger partial charge on any atom is -0.210 e. The molecule has 2 aliphatic rings. The van der Waals surface area contributed by atoms with Crippen molar-refractivity contribution in [1.29, 1.82) is 0 Å². The van der Waals surface area contributed by atoms with Crippen LogP contribution < -0.4 is 0 Å². The maximum absolute atomic E-state index is 11.5. The van der Waals surface area contributed by atoms with Gasteiger partial charge in [-0.1, -0.05) is 202 Å². The monoisotopic (exact) mass is 667 g/mol. The zero-order chi connectivity index (χ0) is 38.2. The molecular formula is C45H88F2. The fourth-order valence-corrected chi connectivity index (χ4v) is 3.38. The Morgan fingerprint density at radius 3 is 1.04 bits per heavy atom. The Bertz CT molecular complexity index is 826. The van der Waals surface area contributed by atoms with Crippen molar-refractivity contribution in [2.45, 2.75) is 203 Å². The van der Waals surface area contributed by atoms with Gasteiger partial charge in [-0.05, 0) is 75.6 Å². The Morgan fingerprint density at radius 1 is 0.574 bits per heavy atom. The highest BCUT2D eigenvalue weighted by atomic mass is 19.3. The summed E-state index contributed by atoms with van der Waals surface area (Å²) in [5.74, 6) is 3.56. The lowest BCUT2D eigenvalue weighted by Gasteiger charge is -2.27. The van der Waals surface area contributed by atoms with Crippen LogP contribution in [0, 0.1) is 50.2 Å². The van der Waals surface area contributed by atoms with E-state index in [9.17, 15) is 8.78 Å². The molecule has 0 spiro atoms. The Kier molecular flexibility index (Phi) is 22.9. The smallest absolute Gasteiger partial charge is 0.210 e. The van der Waals surface area contributed by atoms with E-state index in [0.29, 0.717) is 33.0 Å². The summed E-state index contributed by atoms with van der Waals surface area (Å²) in [5.41, 5.74) is 3.20. The van der Waals surface area contributed by atoms with E-state index >= 15 is 0 Å². The number of hydrogen-bond acceptors (Lipinski definition) is 0. The topological polar surface area (TPSA) is 0 Å². The molecule has 2 aliphatic carbocycles. The summed E-state index contributed by atoms with van der Waals surface area (Å²) < 4.78 is 23.1. The second kappa shape index (κ2) is 21.3. The van der Waals surface area contributed by atoms with Crippen molar-refractivity contribution < 1.29 is 8.78 Å². The van der Waals surface area contributed by atoms with Gasteiger partial charge in [-0.15, -0.1) is 0 Å². The fraction of sp³-hybridized carbons (Fsp3) is 0.867. The van der Waals surface area contributed by atoms with Crippen molar-refractivity contribution in [3.8, 4) is 0 Å². The van der Waals surface area contributed by atoms with Crippen LogP contribution in [0.4, 0.5) is 8.78 Å². The van der Waals surface area contributed by atoms with E-state index in [2.05, 4.69) is 162 Å². The molecule has 0 aliphatic heterocycles. The van der Waals surface area contributed by atoms with Crippen molar-refractivity contribution in [2.75, 3.05) is 0 Å². The van der Waals surface area contributed by atoms with Gasteiger partial charge < -0.3 is 0 Å². The van der Waals surface area contributed by atoms with Gasteiger partial charge in [0.15, 0.2) is 0 Å². The van der Waals surface area contributed by atoms with Crippen molar-refractivity contribution in [2.24, 2.45) is 50.2 Å². The molecule has 282 valence electrons. The van der Waals surface area contributed by atoms with Crippen molar-refractivity contribution >= 4 is 0 Å². The molecule has 47 heavy (non-hydrogen) atoms. The highest BCUT2D eigenvalue weighted by Gasteiger charge is 2.33. The predicted molar refractivity (Wildman–Crippen MR) is 213 cm³/mol. The highest BCUT2D eigenvalue weighted by molar-refractivity contribution is 5.20. The Morgan fingerprint density at radius 2 is 0.915 bits per heavy atom. The maximum atomic E-state index is 11.5. The van der Waals surface area contributed by atoms with Gasteiger partial charge in [0, 0.05) is 5.41 Å². The molecule has 1 aromatic rings. The van der Waals surface area contributed by atoms with Gasteiger partial charge >= 0.3 is 0 Å². The molecular weight excluding hydrogens is 578 g/mol. The molecule has 0 nitrogen and oxygen atoms in total. The maximum Gasteiger partial charge on any atom is 0.243 e. The minimum atomic E-state index is -2.20. The first-order valence-corrected chi connectivity index (χ1v) is 19.0. The molecule has 2 saturated carbocycles. The molecule has 0 amide bonds. The van der Waals surface area contributed by atoms with Crippen LogP contribution in [0.5, 0.6) is 0 Å². The standard InChI is InChI=1S/C12H18.C8H16.C7H14.C7H16.C6H14.C5H10F2/c1-10(12(2,3)4)11-8-6-5-7-9-11;1-8(2,3)6-7-4-5-7;1-7(2,3)6-4-5-6;1-6(2)7(3,4)5;1-5-6(2,3)4;1-5(2,3)4(6)7/h5-10H,1-4H3;7H,4-6H2,1-3H3;6H,4-5H2,1-3H3;6H,1-5H3;5H2,1-4H3;4H,1-3H3. The van der Waals surface area contributed by atoms with Crippen LogP contribution in [0.25, 0.3) is 0 Å². The quantitative estimate of drug-likeness (QED) is 0.295. The molecule has 2 heteroatoms. The van der Waals surface area contributed by atoms with Crippen molar-refractivity contribution in [3.63, 3.8) is 0 Å². The summed E-state index contributed by atoms with van der Waals surface area (Å²) in [6.45, 7) is 47.8. The number of alkyl halides is 2. The minimum absolute atomic E-state index is 0.362. The average Bonchev–Trinajstić information content (AvgIpc) is 3.77. The van der Waals surface area contributed by atoms with Crippen LogP contribution in [-0.4, -0.2) is 6.43 Å². The summed E-state index contributed by atoms with van der Waals surface area (Å²) in [4.78, 5) is 0. The third-order valence-electron chi connectivity index (χ3n) is 9.45. The lowest BCUT2D eigenvalue weighted by atomic mass is 9.78. The fourth-order valence-electron chi connectivity index (χ4n) is 3.38. The molecule has 1 atom stereocenters. The Balaban J connectivity index is -0.000000504. The molecule has 0 bridgehead atoms. The lowest BCUT2D eigenvalue weighted by molar-refractivity contribution is 0.0324. The predicted octanol–water partition coefficient (Wildman–Crippen LogP) is 16.5. The number of rotatable bonds is 2. The van der Waals surface area contributed by atoms with Gasteiger partial charge in [-0.3, -0.25) is 0 Å². The van der Waals surface area contributed by atoms with Gasteiger partial charge in [0.2, 0.25) is 6.43 Å².